The molecule has 1 aliphatic heterocycles. The van der Waals surface area contributed by atoms with Crippen LogP contribution >= 0.6 is 0 Å². The zero-order valence-electron chi connectivity index (χ0n) is 6.70. The summed E-state index contributed by atoms with van der Waals surface area (Å²) >= 11 is 0. The number of nitrogens with zero attached hydrogens (tertiary/aromatic N) is 1. The average Bonchev–Trinajstić information content (AvgIpc) is 2.45. The van der Waals surface area contributed by atoms with Crippen LogP contribution in [0, 0.1) is 0 Å². The van der Waals surface area contributed by atoms with Gasteiger partial charge in [0.1, 0.15) is 9.68 Å². The molecule has 0 atom stereocenters. The first-order valence-corrected chi connectivity index (χ1v) is 4.96. The average molecular weight is 183 g/mol. The highest BCUT2D eigenvalue weighted by molar-refractivity contribution is 6.37. The fourth-order valence-electron chi connectivity index (χ4n) is 0.877. The molecule has 1 aliphatic rings. The van der Waals surface area contributed by atoms with E-state index in [4.69, 9.17) is 0 Å². The van der Waals surface area contributed by atoms with E-state index < -0.39 is 20.9 Å². The molecule has 0 aromatic carbocycles. The number of halogens is 3. The molecule has 1 saturated heterocycles. The van der Waals surface area contributed by atoms with E-state index in [0.717, 1.165) is 13.1 Å². The van der Waals surface area contributed by atoms with Crippen LogP contribution in [0.15, 0.2) is 0 Å². The van der Waals surface area contributed by atoms with E-state index in [2.05, 4.69) is 0 Å². The van der Waals surface area contributed by atoms with E-state index in [1.807, 2.05) is 4.57 Å². The molecule has 0 aliphatic carbocycles. The third-order valence-electron chi connectivity index (χ3n) is 1.93. The lowest BCUT2D eigenvalue weighted by Gasteiger charge is -2.27. The molecule has 0 saturated carbocycles. The van der Waals surface area contributed by atoms with Gasteiger partial charge in [-0.2, -0.15) is 13.2 Å². The lowest BCUT2D eigenvalue weighted by molar-refractivity contribution is -0.158. The Bertz CT molecular complexity index is 150. The molecule has 1 heterocycles. The minimum Gasteiger partial charge on any atom is -0.326 e. The molecule has 0 bridgehead atoms. The van der Waals surface area contributed by atoms with Crippen LogP contribution in [0.4, 0.5) is 13.2 Å². The van der Waals surface area contributed by atoms with Gasteiger partial charge in [-0.05, 0) is 0 Å². The smallest absolute Gasteiger partial charge is 0.326 e. The summed E-state index contributed by atoms with van der Waals surface area (Å²) in [7, 11) is -1.11. The molecule has 1 rings (SSSR count). The molecule has 1 nitrogen and oxygen atoms in total. The summed E-state index contributed by atoms with van der Waals surface area (Å²) in [6.45, 7) is 4.37. The molecule has 5 heteroatoms. The second kappa shape index (κ2) is 2.48. The van der Waals surface area contributed by atoms with Crippen molar-refractivity contribution in [2.45, 2.75) is 25.1 Å². The van der Waals surface area contributed by atoms with E-state index in [1.165, 1.54) is 13.8 Å². The van der Waals surface area contributed by atoms with Crippen molar-refractivity contribution < 1.29 is 13.2 Å². The van der Waals surface area contributed by atoms with Gasteiger partial charge >= 0.3 is 6.18 Å². The zero-order valence-corrected chi connectivity index (χ0v) is 8.12. The first-order chi connectivity index (χ1) is 4.83. The summed E-state index contributed by atoms with van der Waals surface area (Å²) in [5.74, 6) is 0. The van der Waals surface area contributed by atoms with Crippen molar-refractivity contribution in [1.82, 2.24) is 4.57 Å². The summed E-state index contributed by atoms with van der Waals surface area (Å²) in [6, 6.07) is 0. The highest BCUT2D eigenvalue weighted by Crippen LogP contribution is 2.44. The van der Waals surface area contributed by atoms with Crippen LogP contribution in [0.3, 0.4) is 0 Å². The van der Waals surface area contributed by atoms with Gasteiger partial charge in [0.05, 0.1) is 5.04 Å². The van der Waals surface area contributed by atoms with Crippen molar-refractivity contribution in [2.75, 3.05) is 13.1 Å². The standard InChI is InChI=1S/C6H12F3NSi/c1-5(2,6(7,8)9)11-10-3-4-10/h3-4,11H2,1-2H3. The van der Waals surface area contributed by atoms with Crippen LogP contribution in [0.1, 0.15) is 13.8 Å². The normalized spacial score (nSPS) is 21.5. The van der Waals surface area contributed by atoms with Crippen molar-refractivity contribution in [2.24, 2.45) is 0 Å². The third kappa shape index (κ3) is 2.20. The summed E-state index contributed by atoms with van der Waals surface area (Å²) in [6.07, 6.45) is -4.01. The van der Waals surface area contributed by atoms with Crippen LogP contribution in [-0.4, -0.2) is 33.5 Å². The first-order valence-electron chi connectivity index (χ1n) is 3.62. The molecule has 0 aromatic rings. The Kier molecular flexibility index (Phi) is 2.04. The SMILES string of the molecule is CC(C)([SiH2]N1CC1)C(F)(F)F. The number of hydrogen-bond acceptors (Lipinski definition) is 1. The Morgan fingerprint density at radius 2 is 1.64 bits per heavy atom. The molecule has 66 valence electrons. The Morgan fingerprint density at radius 1 is 1.18 bits per heavy atom. The van der Waals surface area contributed by atoms with Crippen molar-refractivity contribution in [3.05, 3.63) is 0 Å². The predicted molar refractivity (Wildman–Crippen MR) is 40.2 cm³/mol. The van der Waals surface area contributed by atoms with Crippen LogP contribution in [0.5, 0.6) is 0 Å². The topological polar surface area (TPSA) is 3.01 Å². The molecule has 0 spiro atoms. The predicted octanol–water partition coefficient (Wildman–Crippen LogP) is 1.15. The molecule has 1 fully saturated rings. The van der Waals surface area contributed by atoms with Gasteiger partial charge in [0.25, 0.3) is 0 Å². The summed E-state index contributed by atoms with van der Waals surface area (Å²) in [4.78, 5) is 0. The molecule has 11 heavy (non-hydrogen) atoms. The Morgan fingerprint density at radius 3 is 1.91 bits per heavy atom. The number of alkyl halides is 3. The van der Waals surface area contributed by atoms with Crippen LogP contribution in [0.2, 0.25) is 5.04 Å². The number of hydrogen-bond donors (Lipinski definition) is 0. The minimum absolute atomic E-state index is 0.881. The lowest BCUT2D eigenvalue weighted by Crippen LogP contribution is -2.34. The van der Waals surface area contributed by atoms with Gasteiger partial charge in [0.2, 0.25) is 0 Å². The third-order valence-corrected chi connectivity index (χ3v) is 4.20. The molecule has 0 amide bonds. The summed E-state index contributed by atoms with van der Waals surface area (Å²) < 4.78 is 38.6. The van der Waals surface area contributed by atoms with Crippen LogP contribution in [-0.2, 0) is 0 Å². The maximum absolute atomic E-state index is 12.2. The maximum atomic E-state index is 12.2. The highest BCUT2D eigenvalue weighted by Gasteiger charge is 2.49. The van der Waals surface area contributed by atoms with Crippen molar-refractivity contribution >= 4 is 9.68 Å². The molecule has 0 aromatic heterocycles. The Balaban J connectivity index is 2.49. The van der Waals surface area contributed by atoms with Crippen molar-refractivity contribution in [3.8, 4) is 0 Å². The van der Waals surface area contributed by atoms with Crippen LogP contribution < -0.4 is 0 Å². The van der Waals surface area contributed by atoms with E-state index in [1.54, 1.807) is 0 Å². The van der Waals surface area contributed by atoms with Gasteiger partial charge in [0, 0.05) is 13.1 Å². The number of rotatable bonds is 2. The maximum Gasteiger partial charge on any atom is 0.392 e. The monoisotopic (exact) mass is 183 g/mol. The van der Waals surface area contributed by atoms with E-state index >= 15 is 0 Å². The fourth-order valence-corrected chi connectivity index (χ4v) is 2.63. The van der Waals surface area contributed by atoms with Crippen LogP contribution in [0.25, 0.3) is 0 Å². The minimum atomic E-state index is -4.01. The molecule has 0 unspecified atom stereocenters. The molecule has 0 N–H and O–H groups in total. The summed E-state index contributed by atoms with van der Waals surface area (Å²) in [5, 5.41) is -1.41. The molecular formula is C6H12F3NSi. The zero-order chi connectivity index (χ0) is 8.70. The van der Waals surface area contributed by atoms with Gasteiger partial charge < -0.3 is 4.57 Å². The summed E-state index contributed by atoms with van der Waals surface area (Å²) in [5.41, 5.74) is 0. The second-order valence-corrected chi connectivity index (χ2v) is 6.64. The van der Waals surface area contributed by atoms with Gasteiger partial charge in [-0.15, -0.1) is 0 Å². The van der Waals surface area contributed by atoms with E-state index in [9.17, 15) is 13.2 Å². The van der Waals surface area contributed by atoms with Crippen molar-refractivity contribution in [3.63, 3.8) is 0 Å². The lowest BCUT2D eigenvalue weighted by atomic mass is 10.2. The largest absolute Gasteiger partial charge is 0.392 e. The van der Waals surface area contributed by atoms with Gasteiger partial charge in [-0.1, -0.05) is 13.8 Å². The quantitative estimate of drug-likeness (QED) is 0.458. The Hall–Kier alpha value is -0.0331. The van der Waals surface area contributed by atoms with Crippen molar-refractivity contribution in [1.29, 1.82) is 0 Å². The van der Waals surface area contributed by atoms with E-state index in [0.29, 0.717) is 0 Å². The van der Waals surface area contributed by atoms with Gasteiger partial charge in [0.15, 0.2) is 0 Å². The second-order valence-electron chi connectivity index (χ2n) is 3.66. The highest BCUT2D eigenvalue weighted by atomic mass is 28.2. The fraction of sp³-hybridized carbons (Fsp3) is 1.00. The van der Waals surface area contributed by atoms with E-state index in [-0.39, 0.29) is 0 Å². The van der Waals surface area contributed by atoms with Gasteiger partial charge in [-0.3, -0.25) is 0 Å². The van der Waals surface area contributed by atoms with Gasteiger partial charge in [-0.25, -0.2) is 0 Å². The first kappa shape index (κ1) is 9.06. The molecule has 0 radical (unpaired) electrons. The molecular weight excluding hydrogens is 171 g/mol. The Labute approximate surface area is 66.5 Å².